The number of methoxy groups -OCH3 is 2. The molecule has 0 bridgehead atoms. The van der Waals surface area contributed by atoms with E-state index in [0.29, 0.717) is 31.4 Å². The Morgan fingerprint density at radius 2 is 1.44 bits per heavy atom. The molecule has 1 aliphatic rings. The summed E-state index contributed by atoms with van der Waals surface area (Å²) in [5.74, 6) is -5.95. The normalized spacial score (nSPS) is 18.5. The number of rotatable bonds is 26. The molecule has 0 aliphatic carbocycles. The second-order valence-corrected chi connectivity index (χ2v) is 17.6. The molecule has 0 aromatic heterocycles. The van der Waals surface area contributed by atoms with Crippen molar-refractivity contribution in [1.29, 1.82) is 0 Å². The summed E-state index contributed by atoms with van der Waals surface area (Å²) in [4.78, 5) is 97.9. The summed E-state index contributed by atoms with van der Waals surface area (Å²) in [7, 11) is 8.31. The highest BCUT2D eigenvalue weighted by molar-refractivity contribution is 5.92. The Kier molecular flexibility index (Phi) is 22.0. The van der Waals surface area contributed by atoms with Crippen LogP contribution in [0.1, 0.15) is 92.6 Å². The van der Waals surface area contributed by atoms with Crippen molar-refractivity contribution in [3.63, 3.8) is 0 Å². The molecule has 5 N–H and O–H groups in total. The Labute approximate surface area is 368 Å². The maximum absolute atomic E-state index is 14.3. The molecular formula is C45H74N6O11. The van der Waals surface area contributed by atoms with Crippen LogP contribution in [-0.2, 0) is 49.5 Å². The third kappa shape index (κ3) is 15.0. The summed E-state index contributed by atoms with van der Waals surface area (Å²) in [5, 5.41) is 27.0. The molecule has 1 aromatic rings. The van der Waals surface area contributed by atoms with Gasteiger partial charge >= 0.3 is 11.9 Å². The van der Waals surface area contributed by atoms with E-state index in [2.05, 4.69) is 16.0 Å². The van der Waals surface area contributed by atoms with E-state index in [0.717, 1.165) is 0 Å². The van der Waals surface area contributed by atoms with Crippen LogP contribution in [0.4, 0.5) is 0 Å². The number of benzene rings is 1. The lowest BCUT2D eigenvalue weighted by Gasteiger charge is -2.41. The molecule has 0 radical (unpaired) electrons. The van der Waals surface area contributed by atoms with E-state index in [-0.39, 0.29) is 54.7 Å². The summed E-state index contributed by atoms with van der Waals surface area (Å²) in [6.07, 6.45) is -0.548. The lowest BCUT2D eigenvalue weighted by Crippen LogP contribution is -2.59. The number of likely N-dealkylation sites (tertiary alicyclic amines) is 1. The van der Waals surface area contributed by atoms with E-state index in [1.807, 2.05) is 60.5 Å². The van der Waals surface area contributed by atoms with Gasteiger partial charge in [-0.3, -0.25) is 33.7 Å². The summed E-state index contributed by atoms with van der Waals surface area (Å²) < 4.78 is 11.9. The number of ether oxygens (including phenoxy) is 2. The van der Waals surface area contributed by atoms with Crippen LogP contribution in [0.15, 0.2) is 30.3 Å². The molecule has 2 rings (SSSR count). The molecule has 1 heterocycles. The minimum absolute atomic E-state index is 0.00611. The molecule has 1 saturated heterocycles. The van der Waals surface area contributed by atoms with Gasteiger partial charge in [0.25, 0.3) is 0 Å². The number of amides is 5. The molecule has 10 atom stereocenters. The van der Waals surface area contributed by atoms with Crippen molar-refractivity contribution in [3.05, 3.63) is 35.9 Å². The topological polar surface area (TPSA) is 224 Å². The van der Waals surface area contributed by atoms with E-state index in [9.17, 15) is 38.7 Å². The molecule has 1 aromatic carbocycles. The lowest BCUT2D eigenvalue weighted by atomic mass is 9.89. The first-order chi connectivity index (χ1) is 29.1. The number of nitrogens with one attached hydrogen (secondary N) is 3. The third-order valence-corrected chi connectivity index (χ3v) is 12.1. The number of carbonyl (C=O) groups excluding carboxylic acids is 5. The number of hydrogen-bond donors (Lipinski definition) is 5. The summed E-state index contributed by atoms with van der Waals surface area (Å²) in [6.45, 7) is 13.7. The molecule has 1 fully saturated rings. The van der Waals surface area contributed by atoms with E-state index in [1.54, 1.807) is 54.1 Å². The van der Waals surface area contributed by atoms with Crippen molar-refractivity contribution in [2.75, 3.05) is 41.9 Å². The van der Waals surface area contributed by atoms with E-state index >= 15 is 0 Å². The van der Waals surface area contributed by atoms with Gasteiger partial charge in [-0.15, -0.1) is 0 Å². The summed E-state index contributed by atoms with van der Waals surface area (Å²) >= 11 is 0. The van der Waals surface area contributed by atoms with E-state index in [4.69, 9.17) is 14.6 Å². The minimum Gasteiger partial charge on any atom is -0.481 e. The molecule has 62 heavy (non-hydrogen) atoms. The first-order valence-corrected chi connectivity index (χ1v) is 21.8. The van der Waals surface area contributed by atoms with E-state index in [1.165, 1.54) is 14.2 Å². The molecular weight excluding hydrogens is 801 g/mol. The van der Waals surface area contributed by atoms with Crippen LogP contribution in [0.3, 0.4) is 0 Å². The standard InChI is InChI=1S/C45H74N6O11/c1-13-28(6)39(50(10)44(58)37(26(2)3)48-43(57)38(27(4)5)49(8)9)34(61-11)25-35(52)51-23-17-20-33(51)40(62-12)29(7)41(55)47-32(24-30-18-15-14-16-19-30)42(56)46-31(45(59)60)21-22-36(53)54/h14-16,18-19,26-29,31-34,37-40H,13,17,20-25H2,1-12H3,(H,46,56)(H,47,55)(H,48,57)(H,53,54)(H,59,60). The van der Waals surface area contributed by atoms with Crippen molar-refractivity contribution in [3.8, 4) is 0 Å². The van der Waals surface area contributed by atoms with Gasteiger partial charge in [-0.05, 0) is 56.7 Å². The fourth-order valence-electron chi connectivity index (χ4n) is 8.57. The van der Waals surface area contributed by atoms with Crippen LogP contribution in [0, 0.1) is 23.7 Å². The number of nitrogens with zero attached hydrogens (tertiary/aromatic N) is 3. The monoisotopic (exact) mass is 875 g/mol. The number of carbonyl (C=O) groups is 7. The van der Waals surface area contributed by atoms with E-state index < -0.39 is 84.6 Å². The Hall–Kier alpha value is -4.61. The van der Waals surface area contributed by atoms with Gasteiger partial charge in [0.05, 0.1) is 42.7 Å². The molecule has 1 aliphatic heterocycles. The predicted molar refractivity (Wildman–Crippen MR) is 234 cm³/mol. The van der Waals surface area contributed by atoms with Crippen LogP contribution >= 0.6 is 0 Å². The fourth-order valence-corrected chi connectivity index (χ4v) is 8.57. The second kappa shape index (κ2) is 25.5. The number of likely N-dealkylation sites (N-methyl/N-ethyl adjacent to an activating group) is 2. The van der Waals surface area contributed by atoms with Crippen molar-refractivity contribution in [1.82, 2.24) is 30.7 Å². The minimum atomic E-state index is -1.49. The largest absolute Gasteiger partial charge is 0.481 e. The van der Waals surface area contributed by atoms with Crippen molar-refractivity contribution in [2.45, 2.75) is 142 Å². The van der Waals surface area contributed by atoms with Crippen molar-refractivity contribution < 1.29 is 53.2 Å². The maximum Gasteiger partial charge on any atom is 0.326 e. The number of aliphatic carboxylic acids is 2. The average Bonchev–Trinajstić information content (AvgIpc) is 3.70. The fraction of sp³-hybridized carbons (Fsp3) is 0.711. The molecule has 17 nitrogen and oxygen atoms in total. The van der Waals surface area contributed by atoms with Gasteiger partial charge in [0.2, 0.25) is 29.5 Å². The number of carboxylic acid groups (broad SMARTS) is 2. The Balaban J connectivity index is 2.34. The molecule has 10 unspecified atom stereocenters. The van der Waals surface area contributed by atoms with Crippen molar-refractivity contribution in [2.24, 2.45) is 23.7 Å². The summed E-state index contributed by atoms with van der Waals surface area (Å²) in [5.41, 5.74) is 0.693. The zero-order chi connectivity index (χ0) is 47.0. The highest BCUT2D eigenvalue weighted by Crippen LogP contribution is 2.30. The number of hydrogen-bond acceptors (Lipinski definition) is 10. The first kappa shape index (κ1) is 53.5. The van der Waals surface area contributed by atoms with Crippen LogP contribution in [0.2, 0.25) is 0 Å². The molecule has 0 spiro atoms. The van der Waals surface area contributed by atoms with Crippen molar-refractivity contribution >= 4 is 41.5 Å². The Bertz CT molecular complexity index is 1630. The zero-order valence-electron chi connectivity index (χ0n) is 38.9. The van der Waals surface area contributed by atoms with Gasteiger partial charge in [0, 0.05) is 40.7 Å². The molecule has 17 heteroatoms. The molecule has 350 valence electrons. The Morgan fingerprint density at radius 1 is 0.823 bits per heavy atom. The highest BCUT2D eigenvalue weighted by Gasteiger charge is 2.43. The maximum atomic E-state index is 14.3. The predicted octanol–water partition coefficient (Wildman–Crippen LogP) is 2.80. The second-order valence-electron chi connectivity index (χ2n) is 17.6. The first-order valence-electron chi connectivity index (χ1n) is 21.8. The van der Waals surface area contributed by atoms with Crippen LogP contribution < -0.4 is 16.0 Å². The Morgan fingerprint density at radius 3 is 1.94 bits per heavy atom. The molecule has 0 saturated carbocycles. The van der Waals surface area contributed by atoms with Gasteiger partial charge in [0.1, 0.15) is 18.1 Å². The van der Waals surface area contributed by atoms with Crippen LogP contribution in [-0.4, -0.2) is 157 Å². The lowest BCUT2D eigenvalue weighted by molar-refractivity contribution is -0.148. The number of carboxylic acids is 2. The average molecular weight is 875 g/mol. The van der Waals surface area contributed by atoms with Gasteiger partial charge in [-0.1, -0.05) is 85.2 Å². The highest BCUT2D eigenvalue weighted by atomic mass is 16.5. The van der Waals surface area contributed by atoms with Gasteiger partial charge in [-0.2, -0.15) is 0 Å². The zero-order valence-corrected chi connectivity index (χ0v) is 38.9. The van der Waals surface area contributed by atoms with Crippen LogP contribution in [0.5, 0.6) is 0 Å². The third-order valence-electron chi connectivity index (χ3n) is 12.1. The summed E-state index contributed by atoms with van der Waals surface area (Å²) in [6, 6.07) is 3.82. The smallest absolute Gasteiger partial charge is 0.326 e. The quantitative estimate of drug-likeness (QED) is 0.0907. The van der Waals surface area contributed by atoms with Gasteiger partial charge in [0.15, 0.2) is 0 Å². The van der Waals surface area contributed by atoms with Gasteiger partial charge in [-0.25, -0.2) is 4.79 Å². The SMILES string of the molecule is CCC(C)C(C(CC(=O)N1CCCC1C(OC)C(C)C(=O)NC(Cc1ccccc1)C(=O)NC(CCC(=O)O)C(=O)O)OC)N(C)C(=O)C(NC(=O)C(C(C)C)N(C)C)C(C)C. The van der Waals surface area contributed by atoms with Crippen LogP contribution in [0.25, 0.3) is 0 Å². The van der Waals surface area contributed by atoms with Gasteiger partial charge < -0.3 is 45.4 Å². The molecule has 5 amide bonds.